The molecule has 0 amide bonds. The van der Waals surface area contributed by atoms with E-state index in [1.165, 1.54) is 49.3 Å². The third-order valence-electron chi connectivity index (χ3n) is 8.30. The van der Waals surface area contributed by atoms with E-state index in [4.69, 9.17) is 4.74 Å². The number of benzene rings is 5. The molecule has 1 aliphatic heterocycles. The molecule has 2 heteroatoms. The molecule has 1 aromatic heterocycles. The lowest BCUT2D eigenvalue weighted by molar-refractivity contribution is 0.164. The summed E-state index contributed by atoms with van der Waals surface area (Å²) in [4.78, 5) is 0. The number of nitrogens with zero attached hydrogens (tertiary/aromatic N) is 1. The molecule has 6 aromatic rings. The SMILES string of the molecule is CCCCn1c2cc(C)ccc2c2c3ccc(C)cc3c3c(c21)C=CC(c1ccccc1)(c1ccccc1)O3. The van der Waals surface area contributed by atoms with Gasteiger partial charge in [0, 0.05) is 44.9 Å². The predicted molar refractivity (Wildman–Crippen MR) is 165 cm³/mol. The van der Waals surface area contributed by atoms with Crippen LogP contribution >= 0.6 is 0 Å². The molecule has 0 spiro atoms. The molecule has 5 aromatic carbocycles. The van der Waals surface area contributed by atoms with Crippen LogP contribution in [-0.4, -0.2) is 4.57 Å². The van der Waals surface area contributed by atoms with Crippen molar-refractivity contribution in [2.75, 3.05) is 0 Å². The molecule has 0 unspecified atom stereocenters. The number of rotatable bonds is 5. The van der Waals surface area contributed by atoms with Gasteiger partial charge in [-0.2, -0.15) is 0 Å². The highest BCUT2D eigenvalue weighted by Crippen LogP contribution is 2.50. The fourth-order valence-electron chi connectivity index (χ4n) is 6.39. The molecule has 0 atom stereocenters. The fraction of sp³-hybridized carbons (Fsp3) is 0.189. The number of aryl methyl sites for hydroxylation is 3. The number of unbranched alkanes of at least 4 members (excludes halogenated alkanes) is 1. The molecule has 192 valence electrons. The summed E-state index contributed by atoms with van der Waals surface area (Å²) in [5.41, 5.74) is 7.83. The minimum atomic E-state index is -0.712. The van der Waals surface area contributed by atoms with Crippen LogP contribution in [0.15, 0.2) is 103 Å². The maximum atomic E-state index is 7.35. The Bertz CT molecular complexity index is 1840. The van der Waals surface area contributed by atoms with Gasteiger partial charge in [0.05, 0.1) is 5.52 Å². The molecule has 1 aliphatic rings. The van der Waals surface area contributed by atoms with Crippen LogP contribution in [0.25, 0.3) is 38.7 Å². The van der Waals surface area contributed by atoms with Gasteiger partial charge in [0.25, 0.3) is 0 Å². The molecule has 0 saturated heterocycles. The topological polar surface area (TPSA) is 14.2 Å². The summed E-state index contributed by atoms with van der Waals surface area (Å²) in [6.07, 6.45) is 6.89. The van der Waals surface area contributed by atoms with Crippen molar-refractivity contribution >= 4 is 38.7 Å². The van der Waals surface area contributed by atoms with Crippen molar-refractivity contribution in [2.24, 2.45) is 0 Å². The number of fused-ring (bicyclic) bond motifs is 8. The highest BCUT2D eigenvalue weighted by Gasteiger charge is 2.38. The Morgan fingerprint density at radius 2 is 1.36 bits per heavy atom. The second-order valence-corrected chi connectivity index (χ2v) is 10.9. The normalized spacial score (nSPS) is 14.1. The van der Waals surface area contributed by atoms with Gasteiger partial charge in [-0.3, -0.25) is 0 Å². The molecule has 0 saturated carbocycles. The molecule has 0 radical (unpaired) electrons. The van der Waals surface area contributed by atoms with Crippen LogP contribution in [0.4, 0.5) is 0 Å². The predicted octanol–water partition coefficient (Wildman–Crippen LogP) is 9.71. The Morgan fingerprint density at radius 1 is 0.718 bits per heavy atom. The first-order chi connectivity index (χ1) is 19.1. The monoisotopic (exact) mass is 507 g/mol. The largest absolute Gasteiger partial charge is 0.472 e. The zero-order valence-corrected chi connectivity index (χ0v) is 22.9. The van der Waals surface area contributed by atoms with E-state index in [1.54, 1.807) is 0 Å². The first-order valence-corrected chi connectivity index (χ1v) is 14.1. The summed E-state index contributed by atoms with van der Waals surface area (Å²) in [5, 5.41) is 5.08. The Morgan fingerprint density at radius 3 is 2.03 bits per heavy atom. The third-order valence-corrected chi connectivity index (χ3v) is 8.30. The summed E-state index contributed by atoms with van der Waals surface area (Å²) >= 11 is 0. The van der Waals surface area contributed by atoms with E-state index in [2.05, 4.69) is 135 Å². The summed E-state index contributed by atoms with van der Waals surface area (Å²) < 4.78 is 9.89. The summed E-state index contributed by atoms with van der Waals surface area (Å²) in [5.74, 6) is 0.966. The van der Waals surface area contributed by atoms with Crippen LogP contribution in [0.1, 0.15) is 47.6 Å². The lowest BCUT2D eigenvalue weighted by atomic mass is 9.83. The van der Waals surface area contributed by atoms with Gasteiger partial charge >= 0.3 is 0 Å². The van der Waals surface area contributed by atoms with E-state index >= 15 is 0 Å². The molecular formula is C37H33NO. The zero-order chi connectivity index (χ0) is 26.6. The van der Waals surface area contributed by atoms with Gasteiger partial charge in [-0.1, -0.05) is 104 Å². The van der Waals surface area contributed by atoms with Crippen molar-refractivity contribution in [3.8, 4) is 5.75 Å². The van der Waals surface area contributed by atoms with Crippen LogP contribution in [0.5, 0.6) is 5.75 Å². The molecule has 0 N–H and O–H groups in total. The van der Waals surface area contributed by atoms with Crippen molar-refractivity contribution in [1.82, 2.24) is 4.57 Å². The zero-order valence-electron chi connectivity index (χ0n) is 22.9. The van der Waals surface area contributed by atoms with Crippen molar-refractivity contribution in [1.29, 1.82) is 0 Å². The quantitative estimate of drug-likeness (QED) is 0.226. The van der Waals surface area contributed by atoms with Crippen molar-refractivity contribution in [3.05, 3.63) is 131 Å². The van der Waals surface area contributed by atoms with Crippen molar-refractivity contribution in [2.45, 2.75) is 45.8 Å². The Labute approximate surface area is 230 Å². The summed E-state index contributed by atoms with van der Waals surface area (Å²) in [6, 6.07) is 35.0. The second kappa shape index (κ2) is 9.17. The average molecular weight is 508 g/mol. The first kappa shape index (κ1) is 23.8. The van der Waals surface area contributed by atoms with E-state index in [0.717, 1.165) is 36.3 Å². The molecule has 2 nitrogen and oxygen atoms in total. The standard InChI is InChI=1S/C37H33NO/c1-4-5-22-38-33-24-26(3)17-19-30(33)34-29-18-16-25(2)23-32(29)36-31(35(34)38)20-21-37(39-36,27-12-8-6-9-13-27)28-14-10-7-11-15-28/h6-21,23-24H,4-5,22H2,1-3H3. The Balaban J connectivity index is 1.62. The van der Waals surface area contributed by atoms with E-state index in [9.17, 15) is 0 Å². The molecule has 0 fully saturated rings. The van der Waals surface area contributed by atoms with Gasteiger partial charge in [-0.15, -0.1) is 0 Å². The Hall–Kier alpha value is -4.30. The van der Waals surface area contributed by atoms with Crippen molar-refractivity contribution < 1.29 is 4.74 Å². The van der Waals surface area contributed by atoms with Crippen LogP contribution in [-0.2, 0) is 12.1 Å². The first-order valence-electron chi connectivity index (χ1n) is 14.1. The lowest BCUT2D eigenvalue weighted by Crippen LogP contribution is -2.34. The molecular weight excluding hydrogens is 474 g/mol. The maximum absolute atomic E-state index is 7.35. The van der Waals surface area contributed by atoms with E-state index in [0.29, 0.717) is 0 Å². The van der Waals surface area contributed by atoms with Crippen LogP contribution < -0.4 is 4.74 Å². The second-order valence-electron chi connectivity index (χ2n) is 10.9. The highest BCUT2D eigenvalue weighted by molar-refractivity contribution is 6.24. The minimum absolute atomic E-state index is 0.712. The summed E-state index contributed by atoms with van der Waals surface area (Å²) in [7, 11) is 0. The summed E-state index contributed by atoms with van der Waals surface area (Å²) in [6.45, 7) is 7.61. The molecule has 0 bridgehead atoms. The van der Waals surface area contributed by atoms with Gasteiger partial charge in [-0.25, -0.2) is 0 Å². The average Bonchev–Trinajstić information content (AvgIpc) is 3.30. The van der Waals surface area contributed by atoms with Gasteiger partial charge in [0.2, 0.25) is 0 Å². The minimum Gasteiger partial charge on any atom is -0.472 e. The molecule has 2 heterocycles. The number of ether oxygens (including phenoxy) is 1. The van der Waals surface area contributed by atoms with Crippen molar-refractivity contribution in [3.63, 3.8) is 0 Å². The van der Waals surface area contributed by atoms with Gasteiger partial charge < -0.3 is 9.30 Å². The van der Waals surface area contributed by atoms with Gasteiger partial charge in [0.15, 0.2) is 5.60 Å². The van der Waals surface area contributed by atoms with E-state index < -0.39 is 5.60 Å². The molecule has 0 aliphatic carbocycles. The smallest absolute Gasteiger partial charge is 0.178 e. The van der Waals surface area contributed by atoms with E-state index in [-0.39, 0.29) is 0 Å². The highest BCUT2D eigenvalue weighted by atomic mass is 16.5. The number of hydrogen-bond donors (Lipinski definition) is 0. The van der Waals surface area contributed by atoms with Gasteiger partial charge in [0.1, 0.15) is 5.75 Å². The Kier molecular flexibility index (Phi) is 5.59. The molecule has 39 heavy (non-hydrogen) atoms. The lowest BCUT2D eigenvalue weighted by Gasteiger charge is -2.37. The van der Waals surface area contributed by atoms with E-state index in [1.807, 2.05) is 0 Å². The maximum Gasteiger partial charge on any atom is 0.178 e. The van der Waals surface area contributed by atoms with Gasteiger partial charge in [-0.05, 0) is 55.5 Å². The number of hydrogen-bond acceptors (Lipinski definition) is 1. The number of aromatic nitrogens is 1. The van der Waals surface area contributed by atoms with Crippen LogP contribution in [0.3, 0.4) is 0 Å². The van der Waals surface area contributed by atoms with Crippen LogP contribution in [0, 0.1) is 13.8 Å². The third kappa shape index (κ3) is 3.62. The molecule has 7 rings (SSSR count). The van der Waals surface area contributed by atoms with Crippen LogP contribution in [0.2, 0.25) is 0 Å². The fourth-order valence-corrected chi connectivity index (χ4v) is 6.39.